The van der Waals surface area contributed by atoms with Crippen molar-refractivity contribution in [2.24, 2.45) is 0 Å². The van der Waals surface area contributed by atoms with Gasteiger partial charge in [-0.1, -0.05) is 17.7 Å². The van der Waals surface area contributed by atoms with Gasteiger partial charge in [0.25, 0.3) is 0 Å². The van der Waals surface area contributed by atoms with Crippen molar-refractivity contribution >= 4 is 17.3 Å². The van der Waals surface area contributed by atoms with Crippen LogP contribution in [0.3, 0.4) is 0 Å². The maximum atomic E-state index is 11.1. The van der Waals surface area contributed by atoms with E-state index in [1.807, 2.05) is 32.0 Å². The molecule has 0 unspecified atom stereocenters. The number of nitrogens with zero attached hydrogens (tertiary/aromatic N) is 3. The second-order valence-electron chi connectivity index (χ2n) is 4.53. The molecule has 0 atom stereocenters. The molecule has 7 heteroatoms. The summed E-state index contributed by atoms with van der Waals surface area (Å²) in [6.45, 7) is 3.92. The lowest BCUT2D eigenvalue weighted by Crippen LogP contribution is -1.99. The van der Waals surface area contributed by atoms with Gasteiger partial charge in [0, 0.05) is 7.11 Å². The molecule has 0 aliphatic rings. The van der Waals surface area contributed by atoms with E-state index in [9.17, 15) is 10.1 Å². The summed E-state index contributed by atoms with van der Waals surface area (Å²) in [5.74, 6) is 0. The van der Waals surface area contributed by atoms with E-state index < -0.39 is 4.92 Å². The van der Waals surface area contributed by atoms with Crippen molar-refractivity contribution in [3.05, 3.63) is 50.3 Å². The number of methoxy groups -OCH3 is 1. The molecule has 0 radical (unpaired) electrons. The van der Waals surface area contributed by atoms with Gasteiger partial charge in [-0.15, -0.1) is 0 Å². The number of ether oxygens (including phenoxy) is 1. The molecule has 0 aliphatic carbocycles. The number of hydrogen-bond acceptors (Lipinski definition) is 4. The van der Waals surface area contributed by atoms with E-state index in [-0.39, 0.29) is 23.1 Å². The number of benzene rings is 1. The van der Waals surface area contributed by atoms with Gasteiger partial charge in [-0.25, -0.2) is 4.68 Å². The van der Waals surface area contributed by atoms with Gasteiger partial charge < -0.3 is 4.74 Å². The minimum atomic E-state index is -0.539. The summed E-state index contributed by atoms with van der Waals surface area (Å²) in [6, 6.07) is 5.74. The highest BCUT2D eigenvalue weighted by Gasteiger charge is 2.27. The lowest BCUT2D eigenvalue weighted by atomic mass is 10.1. The molecular weight excluding hydrogens is 282 g/mol. The van der Waals surface area contributed by atoms with Crippen molar-refractivity contribution in [2.45, 2.75) is 20.5 Å². The van der Waals surface area contributed by atoms with Crippen LogP contribution in [0, 0.1) is 24.0 Å². The van der Waals surface area contributed by atoms with E-state index in [0.717, 1.165) is 11.1 Å². The first-order valence-corrected chi connectivity index (χ1v) is 6.31. The molecule has 1 aromatic heterocycles. The smallest absolute Gasteiger partial charge is 0.331 e. The number of nitro groups is 1. The van der Waals surface area contributed by atoms with E-state index in [1.165, 1.54) is 11.8 Å². The third-order valence-electron chi connectivity index (χ3n) is 2.79. The van der Waals surface area contributed by atoms with Gasteiger partial charge in [0.1, 0.15) is 0 Å². The second-order valence-corrected chi connectivity index (χ2v) is 4.89. The fraction of sp³-hybridized carbons (Fsp3) is 0.308. The predicted octanol–water partition coefficient (Wildman–Crippen LogP) is 3.20. The molecule has 2 aromatic rings. The lowest BCUT2D eigenvalue weighted by Gasteiger charge is -2.05. The highest BCUT2D eigenvalue weighted by molar-refractivity contribution is 6.32. The molecule has 106 valence electrons. The number of hydrogen-bond donors (Lipinski definition) is 0. The third kappa shape index (κ3) is 2.66. The molecule has 0 N–H and O–H groups in total. The van der Waals surface area contributed by atoms with Crippen LogP contribution in [0.25, 0.3) is 5.69 Å². The zero-order valence-corrected chi connectivity index (χ0v) is 12.1. The Kier molecular flexibility index (Phi) is 4.06. The molecule has 0 amide bonds. The van der Waals surface area contributed by atoms with Crippen LogP contribution in [-0.2, 0) is 11.3 Å². The van der Waals surface area contributed by atoms with Gasteiger partial charge in [0.2, 0.25) is 5.15 Å². The lowest BCUT2D eigenvalue weighted by molar-refractivity contribution is -0.385. The van der Waals surface area contributed by atoms with Crippen LogP contribution in [0.1, 0.15) is 16.8 Å². The highest BCUT2D eigenvalue weighted by atomic mass is 35.5. The van der Waals surface area contributed by atoms with Gasteiger partial charge in [-0.05, 0) is 37.1 Å². The first-order valence-electron chi connectivity index (χ1n) is 5.93. The van der Waals surface area contributed by atoms with Crippen LogP contribution in [0.4, 0.5) is 5.69 Å². The first kappa shape index (κ1) is 14.5. The van der Waals surface area contributed by atoms with E-state index in [2.05, 4.69) is 5.10 Å². The van der Waals surface area contributed by atoms with Crippen LogP contribution >= 0.6 is 11.6 Å². The Bertz CT molecular complexity index is 647. The van der Waals surface area contributed by atoms with Crippen molar-refractivity contribution in [3.8, 4) is 5.69 Å². The molecule has 0 saturated carbocycles. The first-order chi connectivity index (χ1) is 9.43. The summed E-state index contributed by atoms with van der Waals surface area (Å²) in [7, 11) is 1.45. The summed E-state index contributed by atoms with van der Waals surface area (Å²) in [5, 5.41) is 15.3. The average Bonchev–Trinajstić information content (AvgIpc) is 2.65. The molecular formula is C13H14ClN3O3. The number of rotatable bonds is 4. The Labute approximate surface area is 121 Å². The van der Waals surface area contributed by atoms with Crippen molar-refractivity contribution in [1.29, 1.82) is 0 Å². The van der Waals surface area contributed by atoms with E-state index in [4.69, 9.17) is 16.3 Å². The zero-order chi connectivity index (χ0) is 14.9. The summed E-state index contributed by atoms with van der Waals surface area (Å²) < 4.78 is 6.30. The summed E-state index contributed by atoms with van der Waals surface area (Å²) in [4.78, 5) is 10.6. The predicted molar refractivity (Wildman–Crippen MR) is 75.4 cm³/mol. The van der Waals surface area contributed by atoms with E-state index in [1.54, 1.807) is 0 Å². The van der Waals surface area contributed by atoms with Crippen LogP contribution in [0.2, 0.25) is 5.15 Å². The second kappa shape index (κ2) is 5.60. The van der Waals surface area contributed by atoms with E-state index >= 15 is 0 Å². The Morgan fingerprint density at radius 3 is 2.45 bits per heavy atom. The fourth-order valence-corrected chi connectivity index (χ4v) is 2.40. The Balaban J connectivity index is 2.62. The minimum Gasteiger partial charge on any atom is -0.378 e. The third-order valence-corrected chi connectivity index (χ3v) is 3.13. The van der Waals surface area contributed by atoms with Crippen molar-refractivity contribution in [2.75, 3.05) is 7.11 Å². The SMILES string of the molecule is COCc1nn(-c2cc(C)cc(C)c2)c(Cl)c1[N+](=O)[O-]. The normalized spacial score (nSPS) is 10.8. The quantitative estimate of drug-likeness (QED) is 0.641. The van der Waals surface area contributed by atoms with Crippen LogP contribution in [0.5, 0.6) is 0 Å². The van der Waals surface area contributed by atoms with Gasteiger partial charge in [0.05, 0.1) is 17.2 Å². The van der Waals surface area contributed by atoms with Gasteiger partial charge in [-0.3, -0.25) is 10.1 Å². The van der Waals surface area contributed by atoms with Gasteiger partial charge in [-0.2, -0.15) is 5.10 Å². The fourth-order valence-electron chi connectivity index (χ4n) is 2.09. The summed E-state index contributed by atoms with van der Waals surface area (Å²) >= 11 is 6.10. The van der Waals surface area contributed by atoms with Crippen LogP contribution < -0.4 is 0 Å². The van der Waals surface area contributed by atoms with Crippen LogP contribution in [-0.4, -0.2) is 21.8 Å². The molecule has 0 bridgehead atoms. The zero-order valence-electron chi connectivity index (χ0n) is 11.4. The topological polar surface area (TPSA) is 70.2 Å². The minimum absolute atomic E-state index is 0.0212. The average molecular weight is 296 g/mol. The number of aryl methyl sites for hydroxylation is 2. The monoisotopic (exact) mass is 295 g/mol. The molecule has 1 aromatic carbocycles. The standard InChI is InChI=1S/C13H14ClN3O3/c1-8-4-9(2)6-10(5-8)16-13(14)12(17(18)19)11(15-16)7-20-3/h4-6H,7H2,1-3H3. The largest absolute Gasteiger partial charge is 0.378 e. The highest BCUT2D eigenvalue weighted by Crippen LogP contribution is 2.31. The molecule has 0 aliphatic heterocycles. The molecule has 6 nitrogen and oxygen atoms in total. The Morgan fingerprint density at radius 2 is 1.95 bits per heavy atom. The molecule has 2 rings (SSSR count). The van der Waals surface area contributed by atoms with Crippen molar-refractivity contribution in [1.82, 2.24) is 9.78 Å². The maximum Gasteiger partial charge on any atom is 0.331 e. The molecule has 0 fully saturated rings. The Morgan fingerprint density at radius 1 is 1.35 bits per heavy atom. The summed E-state index contributed by atoms with van der Waals surface area (Å²) in [5.41, 5.74) is 2.75. The number of aromatic nitrogens is 2. The van der Waals surface area contributed by atoms with Gasteiger partial charge >= 0.3 is 5.69 Å². The summed E-state index contributed by atoms with van der Waals surface area (Å²) in [6.07, 6.45) is 0. The molecule has 1 heterocycles. The molecule has 0 spiro atoms. The Hall–Kier alpha value is -1.92. The van der Waals surface area contributed by atoms with Gasteiger partial charge in [0.15, 0.2) is 5.69 Å². The maximum absolute atomic E-state index is 11.1. The van der Waals surface area contributed by atoms with Crippen molar-refractivity contribution in [3.63, 3.8) is 0 Å². The van der Waals surface area contributed by atoms with Crippen LogP contribution in [0.15, 0.2) is 18.2 Å². The molecule has 0 saturated heterocycles. The van der Waals surface area contributed by atoms with Crippen molar-refractivity contribution < 1.29 is 9.66 Å². The molecule has 20 heavy (non-hydrogen) atoms. The number of halogens is 1. The van der Waals surface area contributed by atoms with E-state index in [0.29, 0.717) is 5.69 Å².